The molecule has 0 heterocycles. The second-order valence-corrected chi connectivity index (χ2v) is 5.78. The van der Waals surface area contributed by atoms with Gasteiger partial charge < -0.3 is 5.11 Å². The minimum absolute atomic E-state index is 0.564. The molecule has 72 valence electrons. The van der Waals surface area contributed by atoms with Crippen LogP contribution in [0, 0.1) is 0 Å². The van der Waals surface area contributed by atoms with Crippen LogP contribution in [0.3, 0.4) is 0 Å². The Kier molecular flexibility index (Phi) is 3.90. The second-order valence-electron chi connectivity index (χ2n) is 2.50. The lowest BCUT2D eigenvalue weighted by molar-refractivity contribution is 0.182. The second kappa shape index (κ2) is 4.37. The maximum atomic E-state index is 9.56. The van der Waals surface area contributed by atoms with Gasteiger partial charge in [-0.25, -0.2) is 0 Å². The predicted molar refractivity (Wildman–Crippen MR) is 59.4 cm³/mol. The molecule has 0 amide bonds. The molecule has 0 saturated carbocycles. The van der Waals surface area contributed by atoms with Crippen LogP contribution in [-0.2, 0) is 0 Å². The zero-order chi connectivity index (χ0) is 10.1. The van der Waals surface area contributed by atoms with Gasteiger partial charge >= 0.3 is 0 Å². The number of hydrogen-bond acceptors (Lipinski definition) is 1. The molecule has 1 unspecified atom stereocenters. The summed E-state index contributed by atoms with van der Waals surface area (Å²) in [5.41, 5.74) is 0.564. The molecule has 1 N–H and O–H groups in total. The molecule has 0 aliphatic heterocycles. The van der Waals surface area contributed by atoms with Crippen molar-refractivity contribution in [1.82, 2.24) is 0 Å². The van der Waals surface area contributed by atoms with Crippen LogP contribution >= 0.6 is 50.7 Å². The third-order valence-corrected chi connectivity index (χ3v) is 2.59. The van der Waals surface area contributed by atoms with Crippen LogP contribution in [0.15, 0.2) is 28.7 Å². The molecule has 0 bridgehead atoms. The quantitative estimate of drug-likeness (QED) is 0.781. The Balaban J connectivity index is 2.96. The summed E-state index contributed by atoms with van der Waals surface area (Å²) < 4.78 is -0.862. The van der Waals surface area contributed by atoms with Gasteiger partial charge in [-0.05, 0) is 17.7 Å². The van der Waals surface area contributed by atoms with Gasteiger partial charge in [-0.15, -0.1) is 0 Å². The lowest BCUT2D eigenvalue weighted by atomic mass is 10.1. The fourth-order valence-corrected chi connectivity index (χ4v) is 1.66. The van der Waals surface area contributed by atoms with Gasteiger partial charge in [-0.3, -0.25) is 0 Å². The summed E-state index contributed by atoms with van der Waals surface area (Å²) in [6, 6.07) is 6.98. The highest BCUT2D eigenvalue weighted by Gasteiger charge is 2.31. The fourth-order valence-electron chi connectivity index (χ4n) is 0.866. The number of benzene rings is 1. The molecular formula is C8H6BrCl3O. The number of alkyl halides is 3. The average molecular weight is 304 g/mol. The first-order valence-electron chi connectivity index (χ1n) is 3.41. The van der Waals surface area contributed by atoms with Gasteiger partial charge in [0.05, 0.1) is 0 Å². The maximum absolute atomic E-state index is 9.56. The van der Waals surface area contributed by atoms with Gasteiger partial charge in [-0.2, -0.15) is 0 Å². The highest BCUT2D eigenvalue weighted by atomic mass is 79.9. The summed E-state index contributed by atoms with van der Waals surface area (Å²) >= 11 is 19.9. The van der Waals surface area contributed by atoms with E-state index >= 15 is 0 Å². The van der Waals surface area contributed by atoms with Crippen molar-refractivity contribution in [3.05, 3.63) is 34.3 Å². The number of hydrogen-bond donors (Lipinski definition) is 1. The molecule has 0 aromatic heterocycles. The lowest BCUT2D eigenvalue weighted by Gasteiger charge is -2.19. The molecule has 1 aromatic carbocycles. The minimum Gasteiger partial charge on any atom is -0.384 e. The van der Waals surface area contributed by atoms with E-state index in [9.17, 15) is 5.11 Å². The lowest BCUT2D eigenvalue weighted by Crippen LogP contribution is -2.16. The van der Waals surface area contributed by atoms with E-state index in [0.29, 0.717) is 5.56 Å². The van der Waals surface area contributed by atoms with Crippen LogP contribution in [0.4, 0.5) is 0 Å². The molecule has 5 heteroatoms. The molecule has 1 atom stereocenters. The maximum Gasteiger partial charge on any atom is 0.220 e. The van der Waals surface area contributed by atoms with Crippen LogP contribution in [0.2, 0.25) is 0 Å². The zero-order valence-electron chi connectivity index (χ0n) is 6.35. The molecule has 0 radical (unpaired) electrons. The summed E-state index contributed by atoms with van der Waals surface area (Å²) in [6.45, 7) is 0. The van der Waals surface area contributed by atoms with Crippen molar-refractivity contribution < 1.29 is 5.11 Å². The van der Waals surface area contributed by atoms with Crippen molar-refractivity contribution in [2.24, 2.45) is 0 Å². The third kappa shape index (κ3) is 3.30. The zero-order valence-corrected chi connectivity index (χ0v) is 10.2. The van der Waals surface area contributed by atoms with Crippen molar-refractivity contribution in [3.63, 3.8) is 0 Å². The summed E-state index contributed by atoms with van der Waals surface area (Å²) in [5.74, 6) is 0. The first-order chi connectivity index (χ1) is 5.91. The van der Waals surface area contributed by atoms with Crippen molar-refractivity contribution in [3.8, 4) is 0 Å². The highest BCUT2D eigenvalue weighted by molar-refractivity contribution is 9.10. The van der Waals surface area contributed by atoms with Crippen molar-refractivity contribution in [1.29, 1.82) is 0 Å². The van der Waals surface area contributed by atoms with Gasteiger partial charge in [0.1, 0.15) is 6.10 Å². The fraction of sp³-hybridized carbons (Fsp3) is 0.250. The summed E-state index contributed by atoms with van der Waals surface area (Å²) in [7, 11) is 0. The number of rotatable bonds is 1. The van der Waals surface area contributed by atoms with E-state index in [1.54, 1.807) is 18.2 Å². The van der Waals surface area contributed by atoms with Crippen LogP contribution in [0.5, 0.6) is 0 Å². The van der Waals surface area contributed by atoms with Crippen molar-refractivity contribution in [2.75, 3.05) is 0 Å². The Hall–Kier alpha value is 0.530. The number of aliphatic hydroxyl groups excluding tert-OH is 1. The van der Waals surface area contributed by atoms with E-state index in [1.807, 2.05) is 6.07 Å². The largest absolute Gasteiger partial charge is 0.384 e. The van der Waals surface area contributed by atoms with Crippen LogP contribution in [-0.4, -0.2) is 8.90 Å². The van der Waals surface area contributed by atoms with Crippen LogP contribution < -0.4 is 0 Å². The molecule has 0 saturated heterocycles. The predicted octanol–water partition coefficient (Wildman–Crippen LogP) is 3.85. The molecule has 1 aromatic rings. The van der Waals surface area contributed by atoms with Crippen LogP contribution in [0.1, 0.15) is 11.7 Å². The van der Waals surface area contributed by atoms with E-state index in [1.165, 1.54) is 0 Å². The standard InChI is InChI=1S/C8H6BrCl3O/c9-6-3-1-2-5(4-6)7(13)8(10,11)12/h1-4,7,13H. The summed E-state index contributed by atoms with van der Waals surface area (Å²) in [6.07, 6.45) is -1.12. The Morgan fingerprint density at radius 3 is 2.38 bits per heavy atom. The van der Waals surface area contributed by atoms with Gasteiger partial charge in [0.25, 0.3) is 0 Å². The number of aliphatic hydroxyl groups is 1. The molecule has 13 heavy (non-hydrogen) atoms. The third-order valence-electron chi connectivity index (χ3n) is 1.47. The molecule has 0 fully saturated rings. The molecule has 0 spiro atoms. The van der Waals surface area contributed by atoms with Crippen molar-refractivity contribution in [2.45, 2.75) is 9.90 Å². The van der Waals surface area contributed by atoms with E-state index in [2.05, 4.69) is 15.9 Å². The average Bonchev–Trinajstić information content (AvgIpc) is 2.01. The highest BCUT2D eigenvalue weighted by Crippen LogP contribution is 2.39. The first kappa shape index (κ1) is 11.6. The smallest absolute Gasteiger partial charge is 0.220 e. The van der Waals surface area contributed by atoms with Gasteiger partial charge in [0, 0.05) is 4.47 Å². The monoisotopic (exact) mass is 302 g/mol. The Labute approximate surface area is 99.7 Å². The first-order valence-corrected chi connectivity index (χ1v) is 5.34. The van der Waals surface area contributed by atoms with Crippen LogP contribution in [0.25, 0.3) is 0 Å². The Bertz CT molecular complexity index is 298. The van der Waals surface area contributed by atoms with Crippen molar-refractivity contribution >= 4 is 50.7 Å². The van der Waals surface area contributed by atoms with E-state index in [-0.39, 0.29) is 0 Å². The summed E-state index contributed by atoms with van der Waals surface area (Å²) in [5, 5.41) is 9.56. The topological polar surface area (TPSA) is 20.2 Å². The minimum atomic E-state index is -1.69. The Morgan fingerprint density at radius 2 is 1.92 bits per heavy atom. The molecular weight excluding hydrogens is 298 g/mol. The van der Waals surface area contributed by atoms with E-state index in [0.717, 1.165) is 4.47 Å². The number of halogens is 4. The molecule has 0 aliphatic rings. The van der Waals surface area contributed by atoms with Gasteiger partial charge in [0.2, 0.25) is 3.79 Å². The normalized spacial score (nSPS) is 14.2. The Morgan fingerprint density at radius 1 is 1.31 bits per heavy atom. The van der Waals surface area contributed by atoms with Gasteiger partial charge in [0.15, 0.2) is 0 Å². The van der Waals surface area contributed by atoms with E-state index < -0.39 is 9.90 Å². The molecule has 1 rings (SSSR count). The van der Waals surface area contributed by atoms with Gasteiger partial charge in [-0.1, -0.05) is 62.9 Å². The molecule has 1 nitrogen and oxygen atoms in total. The SMILES string of the molecule is OC(c1cccc(Br)c1)C(Cl)(Cl)Cl. The van der Waals surface area contributed by atoms with E-state index in [4.69, 9.17) is 34.8 Å². The molecule has 0 aliphatic carbocycles. The summed E-state index contributed by atoms with van der Waals surface area (Å²) in [4.78, 5) is 0.